The molecule has 2 aromatic rings. The summed E-state index contributed by atoms with van der Waals surface area (Å²) in [5.41, 5.74) is 1.32. The minimum absolute atomic E-state index is 0.125. The van der Waals surface area contributed by atoms with Gasteiger partial charge in [0.2, 0.25) is 0 Å². The van der Waals surface area contributed by atoms with Gasteiger partial charge >= 0.3 is 6.18 Å². The van der Waals surface area contributed by atoms with Crippen molar-refractivity contribution in [3.63, 3.8) is 0 Å². The van der Waals surface area contributed by atoms with Gasteiger partial charge in [-0.1, -0.05) is 29.8 Å². The number of hydrogen-bond acceptors (Lipinski definition) is 3. The number of carbonyl (C=O) groups excluding carboxylic acids is 1. The molecule has 3 rings (SSSR count). The second kappa shape index (κ2) is 6.47. The summed E-state index contributed by atoms with van der Waals surface area (Å²) in [5.74, 6) is 0.491. The van der Waals surface area contributed by atoms with E-state index in [0.29, 0.717) is 6.54 Å². The molecule has 0 bridgehead atoms. The van der Waals surface area contributed by atoms with E-state index in [0.717, 1.165) is 29.1 Å². The largest absolute Gasteiger partial charge is 0.433 e. The highest BCUT2D eigenvalue weighted by molar-refractivity contribution is 7.99. The first-order valence-corrected chi connectivity index (χ1v) is 8.43. The van der Waals surface area contributed by atoms with Crippen LogP contribution in [0.4, 0.5) is 13.2 Å². The number of aryl methyl sites for hydroxylation is 1. The van der Waals surface area contributed by atoms with Gasteiger partial charge in [-0.05, 0) is 24.6 Å². The molecule has 126 valence electrons. The highest BCUT2D eigenvalue weighted by Crippen LogP contribution is 2.38. The van der Waals surface area contributed by atoms with Crippen molar-refractivity contribution in [3.8, 4) is 0 Å². The van der Waals surface area contributed by atoms with Crippen molar-refractivity contribution in [3.05, 3.63) is 65.0 Å². The molecule has 1 aliphatic rings. The molecule has 1 aromatic heterocycles. The Morgan fingerprint density at radius 2 is 1.92 bits per heavy atom. The standard InChI is InChI=1S/C17H15F3N2OS/c1-11-2-4-12(5-3-11)16-22(8-9-24-16)15(23)13-6-7-14(21-10-13)17(18,19)20/h2-7,10,16H,8-9H2,1H3. The number of alkyl halides is 3. The van der Waals surface area contributed by atoms with E-state index in [2.05, 4.69) is 4.98 Å². The quantitative estimate of drug-likeness (QED) is 0.808. The van der Waals surface area contributed by atoms with Crippen molar-refractivity contribution in [2.75, 3.05) is 12.3 Å². The first-order valence-electron chi connectivity index (χ1n) is 7.38. The lowest BCUT2D eigenvalue weighted by Crippen LogP contribution is -2.30. The molecule has 2 heterocycles. The SMILES string of the molecule is Cc1ccc(C2SCCN2C(=O)c2ccc(C(F)(F)F)nc2)cc1. The fourth-order valence-corrected chi connectivity index (χ4v) is 3.80. The summed E-state index contributed by atoms with van der Waals surface area (Å²) in [5, 5.41) is -0.125. The van der Waals surface area contributed by atoms with Crippen molar-refractivity contribution in [2.24, 2.45) is 0 Å². The summed E-state index contributed by atoms with van der Waals surface area (Å²) in [6.07, 6.45) is -3.50. The maximum Gasteiger partial charge on any atom is 0.433 e. The van der Waals surface area contributed by atoms with E-state index in [1.165, 1.54) is 6.07 Å². The van der Waals surface area contributed by atoms with Crippen molar-refractivity contribution in [1.82, 2.24) is 9.88 Å². The third-order valence-corrected chi connectivity index (χ3v) is 5.08. The van der Waals surface area contributed by atoms with Crippen LogP contribution >= 0.6 is 11.8 Å². The number of hydrogen-bond donors (Lipinski definition) is 0. The van der Waals surface area contributed by atoms with Crippen LogP contribution in [0, 0.1) is 6.92 Å². The average molecular weight is 352 g/mol. The van der Waals surface area contributed by atoms with Crippen LogP contribution in [0.2, 0.25) is 0 Å². The molecular weight excluding hydrogens is 337 g/mol. The maximum absolute atomic E-state index is 12.6. The summed E-state index contributed by atoms with van der Waals surface area (Å²) in [6.45, 7) is 2.55. The average Bonchev–Trinajstić information content (AvgIpc) is 3.04. The van der Waals surface area contributed by atoms with Gasteiger partial charge in [0.1, 0.15) is 11.1 Å². The van der Waals surface area contributed by atoms with Gasteiger partial charge in [-0.2, -0.15) is 13.2 Å². The van der Waals surface area contributed by atoms with Crippen molar-refractivity contribution in [2.45, 2.75) is 18.5 Å². The van der Waals surface area contributed by atoms with Crippen molar-refractivity contribution in [1.29, 1.82) is 0 Å². The Balaban J connectivity index is 1.82. The van der Waals surface area contributed by atoms with E-state index in [-0.39, 0.29) is 16.8 Å². The van der Waals surface area contributed by atoms with Crippen LogP contribution in [0.5, 0.6) is 0 Å². The van der Waals surface area contributed by atoms with Crippen LogP contribution < -0.4 is 0 Å². The normalized spacial score (nSPS) is 18.0. The zero-order valence-corrected chi connectivity index (χ0v) is 13.7. The van der Waals surface area contributed by atoms with Gasteiger partial charge in [-0.3, -0.25) is 9.78 Å². The molecule has 0 spiro atoms. The highest BCUT2D eigenvalue weighted by Gasteiger charge is 2.34. The Kier molecular flexibility index (Phi) is 4.54. The molecule has 3 nitrogen and oxygen atoms in total. The number of thioether (sulfide) groups is 1. The number of rotatable bonds is 2. The first-order chi connectivity index (χ1) is 11.4. The van der Waals surface area contributed by atoms with Crippen LogP contribution in [0.3, 0.4) is 0 Å². The first kappa shape index (κ1) is 16.8. The summed E-state index contributed by atoms with van der Waals surface area (Å²) < 4.78 is 37.7. The molecule has 0 radical (unpaired) electrons. The van der Waals surface area contributed by atoms with Crippen LogP contribution in [0.15, 0.2) is 42.6 Å². The third kappa shape index (κ3) is 3.40. The summed E-state index contributed by atoms with van der Waals surface area (Å²) in [4.78, 5) is 17.7. The number of aromatic nitrogens is 1. The number of halogens is 3. The molecule has 7 heteroatoms. The molecule has 24 heavy (non-hydrogen) atoms. The molecule has 1 amide bonds. The monoisotopic (exact) mass is 352 g/mol. The van der Waals surface area contributed by atoms with Crippen LogP contribution in [-0.2, 0) is 6.18 Å². The molecule has 1 fully saturated rings. The fourth-order valence-electron chi connectivity index (χ4n) is 2.54. The van der Waals surface area contributed by atoms with Gasteiger partial charge in [0.15, 0.2) is 0 Å². The van der Waals surface area contributed by atoms with Crippen LogP contribution in [-0.4, -0.2) is 28.1 Å². The Morgan fingerprint density at radius 3 is 2.50 bits per heavy atom. The number of amides is 1. The van der Waals surface area contributed by atoms with E-state index >= 15 is 0 Å². The molecule has 1 aromatic carbocycles. The van der Waals surface area contributed by atoms with Crippen molar-refractivity contribution < 1.29 is 18.0 Å². The molecule has 0 aliphatic carbocycles. The fraction of sp³-hybridized carbons (Fsp3) is 0.294. The predicted molar refractivity (Wildman–Crippen MR) is 86.7 cm³/mol. The molecule has 1 aliphatic heterocycles. The van der Waals surface area contributed by atoms with Crippen LogP contribution in [0.25, 0.3) is 0 Å². The summed E-state index contributed by atoms with van der Waals surface area (Å²) in [6, 6.07) is 9.95. The predicted octanol–water partition coefficient (Wildman–Crippen LogP) is 4.30. The van der Waals surface area contributed by atoms with E-state index in [4.69, 9.17) is 0 Å². The number of pyridine rings is 1. The second-order valence-electron chi connectivity index (χ2n) is 5.56. The van der Waals surface area contributed by atoms with Gasteiger partial charge in [-0.15, -0.1) is 11.8 Å². The molecule has 1 unspecified atom stereocenters. The van der Waals surface area contributed by atoms with Crippen molar-refractivity contribution >= 4 is 17.7 Å². The van der Waals surface area contributed by atoms with E-state index < -0.39 is 11.9 Å². The molecule has 1 atom stereocenters. The zero-order valence-electron chi connectivity index (χ0n) is 12.9. The number of nitrogens with zero attached hydrogens (tertiary/aromatic N) is 2. The molecule has 0 N–H and O–H groups in total. The third-order valence-electron chi connectivity index (χ3n) is 3.82. The lowest BCUT2D eigenvalue weighted by Gasteiger charge is -2.24. The summed E-state index contributed by atoms with van der Waals surface area (Å²) >= 11 is 1.64. The smallest absolute Gasteiger partial charge is 0.322 e. The molecular formula is C17H15F3N2OS. The van der Waals surface area contributed by atoms with Gasteiger partial charge < -0.3 is 4.90 Å². The second-order valence-corrected chi connectivity index (χ2v) is 6.75. The minimum atomic E-state index is -4.50. The Bertz CT molecular complexity index is 729. The Morgan fingerprint density at radius 1 is 1.21 bits per heavy atom. The van der Waals surface area contributed by atoms with Gasteiger partial charge in [0.05, 0.1) is 5.56 Å². The topological polar surface area (TPSA) is 33.2 Å². The lowest BCUT2D eigenvalue weighted by atomic mass is 10.1. The van der Waals surface area contributed by atoms with E-state index in [9.17, 15) is 18.0 Å². The zero-order chi connectivity index (χ0) is 17.3. The molecule has 1 saturated heterocycles. The Hall–Kier alpha value is -2.02. The van der Waals surface area contributed by atoms with Gasteiger partial charge in [-0.25, -0.2) is 0 Å². The Labute approximate surface area is 141 Å². The molecule has 0 saturated carbocycles. The number of carbonyl (C=O) groups is 1. The number of benzene rings is 1. The van der Waals surface area contributed by atoms with E-state index in [1.807, 2.05) is 31.2 Å². The van der Waals surface area contributed by atoms with Gasteiger partial charge in [0, 0.05) is 18.5 Å². The highest BCUT2D eigenvalue weighted by atomic mass is 32.2. The summed E-state index contributed by atoms with van der Waals surface area (Å²) in [7, 11) is 0. The van der Waals surface area contributed by atoms with Crippen LogP contribution in [0.1, 0.15) is 32.6 Å². The lowest BCUT2D eigenvalue weighted by molar-refractivity contribution is -0.141. The van der Waals surface area contributed by atoms with Gasteiger partial charge in [0.25, 0.3) is 5.91 Å². The maximum atomic E-state index is 12.6. The minimum Gasteiger partial charge on any atom is -0.322 e. The van der Waals surface area contributed by atoms with E-state index in [1.54, 1.807) is 16.7 Å².